The van der Waals surface area contributed by atoms with Crippen molar-refractivity contribution in [2.75, 3.05) is 25.2 Å². The van der Waals surface area contributed by atoms with E-state index in [4.69, 9.17) is 4.42 Å². The highest BCUT2D eigenvalue weighted by Crippen LogP contribution is 2.27. The average molecular weight is 486 g/mol. The van der Waals surface area contributed by atoms with Crippen LogP contribution in [0.15, 0.2) is 61.4 Å². The van der Waals surface area contributed by atoms with Crippen molar-refractivity contribution >= 4 is 39.2 Å². The van der Waals surface area contributed by atoms with Gasteiger partial charge in [0.2, 0.25) is 0 Å². The zero-order valence-corrected chi connectivity index (χ0v) is 20.0. The highest BCUT2D eigenvalue weighted by Gasteiger charge is 2.22. The van der Waals surface area contributed by atoms with E-state index in [2.05, 4.69) is 19.7 Å². The fourth-order valence-corrected chi connectivity index (χ4v) is 5.26. The van der Waals surface area contributed by atoms with E-state index in [0.29, 0.717) is 45.8 Å². The van der Waals surface area contributed by atoms with Crippen LogP contribution in [0.1, 0.15) is 28.9 Å². The van der Waals surface area contributed by atoms with E-state index in [1.165, 1.54) is 30.2 Å². The number of nitrogens with one attached hydrogen (secondary N) is 1. The summed E-state index contributed by atoms with van der Waals surface area (Å²) >= 11 is 1.31. The highest BCUT2D eigenvalue weighted by atomic mass is 32.2. The number of aromatic nitrogens is 2. The number of furan rings is 1. The lowest BCUT2D eigenvalue weighted by molar-refractivity contribution is 0.102. The second kappa shape index (κ2) is 9.36. The van der Waals surface area contributed by atoms with Crippen LogP contribution in [-0.2, 0) is 10.0 Å². The van der Waals surface area contributed by atoms with Gasteiger partial charge in [-0.15, -0.1) is 16.2 Å². The van der Waals surface area contributed by atoms with Crippen LogP contribution in [-0.4, -0.2) is 54.9 Å². The maximum Gasteiger partial charge on any atom is 0.284 e. The Hall–Kier alpha value is -3.18. The molecule has 1 amide bonds. The van der Waals surface area contributed by atoms with Crippen molar-refractivity contribution in [1.82, 2.24) is 14.9 Å². The van der Waals surface area contributed by atoms with E-state index in [9.17, 15) is 13.2 Å². The lowest BCUT2D eigenvalue weighted by Gasteiger charge is -2.13. The Morgan fingerprint density at radius 2 is 2.06 bits per heavy atom. The van der Waals surface area contributed by atoms with Gasteiger partial charge in [-0.05, 0) is 49.9 Å². The number of benzene rings is 1. The Morgan fingerprint density at radius 1 is 1.24 bits per heavy atom. The number of likely N-dealkylation sites (tertiary alicyclic amines) is 1. The van der Waals surface area contributed by atoms with Crippen LogP contribution in [0.2, 0.25) is 0 Å². The Balaban J connectivity index is 1.61. The number of hydrogen-bond donors (Lipinski definition) is 1. The molecule has 0 spiro atoms. The van der Waals surface area contributed by atoms with Crippen LogP contribution in [0, 0.1) is 6.92 Å². The zero-order chi connectivity index (χ0) is 23.6. The summed E-state index contributed by atoms with van der Waals surface area (Å²) in [7, 11) is -2.07. The summed E-state index contributed by atoms with van der Waals surface area (Å²) in [6, 6.07) is 9.54. The van der Waals surface area contributed by atoms with Gasteiger partial charge < -0.3 is 14.6 Å². The number of hydrogen-bond acceptors (Lipinski definition) is 7. The summed E-state index contributed by atoms with van der Waals surface area (Å²) in [4.78, 5) is 23.8. The molecule has 1 saturated heterocycles. The maximum atomic E-state index is 13.1. The molecule has 1 fully saturated rings. The van der Waals surface area contributed by atoms with E-state index in [1.54, 1.807) is 31.2 Å². The topological polar surface area (TPSA) is 118 Å². The van der Waals surface area contributed by atoms with Crippen LogP contribution in [0.4, 0.5) is 5.69 Å². The number of carbonyl (C=O) groups is 1. The first-order chi connectivity index (χ1) is 15.8. The summed E-state index contributed by atoms with van der Waals surface area (Å²) in [5.74, 6) is 1.01. The number of anilines is 1. The zero-order valence-electron chi connectivity index (χ0n) is 18.4. The number of carbonyl (C=O) groups excluding carboxylic acids is 1. The van der Waals surface area contributed by atoms with Gasteiger partial charge in [-0.2, -0.15) is 8.42 Å². The number of aryl methyl sites for hydroxylation is 1. The predicted octanol–water partition coefficient (Wildman–Crippen LogP) is 3.83. The average Bonchev–Trinajstić information content (AvgIpc) is 3.45. The molecule has 0 atom stereocenters. The minimum Gasteiger partial charge on any atom is -0.461 e. The molecule has 1 aliphatic heterocycles. The van der Waals surface area contributed by atoms with Crippen molar-refractivity contribution in [2.24, 2.45) is 4.40 Å². The van der Waals surface area contributed by atoms with Gasteiger partial charge in [-0.25, -0.2) is 9.97 Å². The Morgan fingerprint density at radius 3 is 2.73 bits per heavy atom. The molecule has 0 radical (unpaired) electrons. The predicted molar refractivity (Wildman–Crippen MR) is 127 cm³/mol. The molecule has 3 heterocycles. The molecule has 2 aromatic heterocycles. The molecule has 3 aromatic rings. The molecule has 11 heteroatoms. The summed E-state index contributed by atoms with van der Waals surface area (Å²) < 4.78 is 34.9. The molecule has 0 aliphatic carbocycles. The van der Waals surface area contributed by atoms with E-state index in [0.717, 1.165) is 13.0 Å². The van der Waals surface area contributed by atoms with Gasteiger partial charge in [-0.1, -0.05) is 6.07 Å². The Kier molecular flexibility index (Phi) is 6.52. The van der Waals surface area contributed by atoms with Gasteiger partial charge in [0, 0.05) is 25.7 Å². The molecule has 0 unspecified atom stereocenters. The summed E-state index contributed by atoms with van der Waals surface area (Å²) in [6.45, 7) is 2.50. The van der Waals surface area contributed by atoms with E-state index >= 15 is 0 Å². The lowest BCUT2D eigenvalue weighted by Crippen LogP contribution is -2.20. The molecular formula is C22H23N5O4S2. The van der Waals surface area contributed by atoms with Crippen LogP contribution in [0.5, 0.6) is 0 Å². The molecule has 1 aliphatic rings. The molecule has 0 bridgehead atoms. The van der Waals surface area contributed by atoms with E-state index < -0.39 is 15.9 Å². The third-order valence-electron chi connectivity index (χ3n) is 5.17. The first-order valence-electron chi connectivity index (χ1n) is 10.2. The monoisotopic (exact) mass is 485 g/mol. The van der Waals surface area contributed by atoms with Gasteiger partial charge in [0.15, 0.2) is 11.6 Å². The van der Waals surface area contributed by atoms with E-state index in [1.807, 2.05) is 18.2 Å². The second-order valence-corrected chi connectivity index (χ2v) is 9.88. The van der Waals surface area contributed by atoms with Gasteiger partial charge in [-0.3, -0.25) is 4.79 Å². The van der Waals surface area contributed by atoms with Crippen LogP contribution in [0.3, 0.4) is 0 Å². The largest absolute Gasteiger partial charge is 0.461 e. The molecule has 33 heavy (non-hydrogen) atoms. The SMILES string of the molecule is CSc1nc(-c2ccco2)nc(C)c1C(=O)Nc1cccc(S(=O)(=O)/N=C2/CCCN2C)c1. The third kappa shape index (κ3) is 4.93. The van der Waals surface area contributed by atoms with E-state index in [-0.39, 0.29) is 4.90 Å². The van der Waals surface area contributed by atoms with Crippen molar-refractivity contribution in [3.8, 4) is 11.6 Å². The van der Waals surface area contributed by atoms with Gasteiger partial charge >= 0.3 is 0 Å². The quantitative estimate of drug-likeness (QED) is 0.413. The number of nitrogens with zero attached hydrogens (tertiary/aromatic N) is 4. The Bertz CT molecular complexity index is 1320. The van der Waals surface area contributed by atoms with Gasteiger partial charge in [0.25, 0.3) is 15.9 Å². The standard InChI is InChI=1S/C22H23N5O4S2/c1-14-19(22(32-3)25-20(23-14)17-9-6-12-31-17)21(28)24-15-7-4-8-16(13-15)33(29,30)26-18-10-5-11-27(18)2/h4,6-9,12-13H,5,10-11H2,1-3H3,(H,24,28)/b26-18-. The van der Waals surface area contributed by atoms with Crippen molar-refractivity contribution < 1.29 is 17.6 Å². The van der Waals surface area contributed by atoms with Crippen LogP contribution >= 0.6 is 11.8 Å². The van der Waals surface area contributed by atoms with Gasteiger partial charge in [0.1, 0.15) is 10.9 Å². The van der Waals surface area contributed by atoms with Crippen LogP contribution < -0.4 is 5.32 Å². The molecular weight excluding hydrogens is 462 g/mol. The van der Waals surface area contributed by atoms with Crippen LogP contribution in [0.25, 0.3) is 11.6 Å². The minimum atomic E-state index is -3.90. The molecule has 1 N–H and O–H groups in total. The smallest absolute Gasteiger partial charge is 0.284 e. The summed E-state index contributed by atoms with van der Waals surface area (Å²) in [5.41, 5.74) is 1.14. The number of thioether (sulfide) groups is 1. The number of amidine groups is 1. The van der Waals surface area contributed by atoms with Crippen molar-refractivity contribution in [3.63, 3.8) is 0 Å². The van der Waals surface area contributed by atoms with Gasteiger partial charge in [0.05, 0.1) is 22.4 Å². The minimum absolute atomic E-state index is 0.0133. The maximum absolute atomic E-state index is 13.1. The third-order valence-corrected chi connectivity index (χ3v) is 7.15. The number of sulfonamides is 1. The van der Waals surface area contributed by atoms with Crippen molar-refractivity contribution in [3.05, 3.63) is 53.9 Å². The fraction of sp³-hybridized carbons (Fsp3) is 0.273. The first kappa shape index (κ1) is 23.0. The van der Waals surface area contributed by atoms with Crippen molar-refractivity contribution in [2.45, 2.75) is 29.7 Å². The Labute approximate surface area is 196 Å². The van der Waals surface area contributed by atoms with Crippen molar-refractivity contribution in [1.29, 1.82) is 0 Å². The molecule has 9 nitrogen and oxygen atoms in total. The lowest BCUT2D eigenvalue weighted by atomic mass is 10.2. The summed E-state index contributed by atoms with van der Waals surface area (Å²) in [6.07, 6.45) is 4.84. The highest BCUT2D eigenvalue weighted by molar-refractivity contribution is 7.98. The fourth-order valence-electron chi connectivity index (χ4n) is 3.50. The number of rotatable bonds is 6. The molecule has 0 saturated carbocycles. The normalized spacial score (nSPS) is 15.2. The first-order valence-corrected chi connectivity index (χ1v) is 12.9. The molecule has 4 rings (SSSR count). The molecule has 1 aromatic carbocycles. The summed E-state index contributed by atoms with van der Waals surface area (Å²) in [5, 5.41) is 3.26. The molecule has 172 valence electrons. The second-order valence-electron chi connectivity index (χ2n) is 7.48. The number of amides is 1.